The molecule has 0 fully saturated rings. The van der Waals surface area contributed by atoms with E-state index in [0.717, 1.165) is 36.4 Å². The molecule has 0 atom stereocenters. The summed E-state index contributed by atoms with van der Waals surface area (Å²) in [4.78, 5) is 24.8. The number of halogens is 4. The van der Waals surface area contributed by atoms with Gasteiger partial charge < -0.3 is 5.32 Å². The first kappa shape index (κ1) is 21.3. The van der Waals surface area contributed by atoms with Crippen molar-refractivity contribution in [3.05, 3.63) is 65.5 Å². The molecule has 0 radical (unpaired) electrons. The molecule has 0 spiro atoms. The topological polar surface area (TPSA) is 104 Å². The lowest BCUT2D eigenvalue weighted by atomic mass is 10.2. The lowest BCUT2D eigenvalue weighted by molar-refractivity contribution is -0.123. The molecule has 150 valence electrons. The summed E-state index contributed by atoms with van der Waals surface area (Å²) in [6.07, 6.45) is -4.58. The van der Waals surface area contributed by atoms with E-state index in [9.17, 15) is 35.6 Å². The molecule has 0 aliphatic rings. The number of benzene rings is 2. The highest BCUT2D eigenvalue weighted by atomic mass is 32.2. The highest BCUT2D eigenvalue weighted by molar-refractivity contribution is 7.89. The van der Waals surface area contributed by atoms with Crippen LogP contribution in [-0.4, -0.2) is 33.0 Å². The van der Waals surface area contributed by atoms with Crippen LogP contribution >= 0.6 is 0 Å². The normalized spacial score (nSPS) is 11.7. The number of hydrazine groups is 1. The molecule has 0 bridgehead atoms. The van der Waals surface area contributed by atoms with Gasteiger partial charge in [-0.1, -0.05) is 12.1 Å². The summed E-state index contributed by atoms with van der Waals surface area (Å²) >= 11 is 0. The first-order valence-electron chi connectivity index (χ1n) is 7.51. The molecule has 7 nitrogen and oxygen atoms in total. The maximum absolute atomic E-state index is 13.5. The van der Waals surface area contributed by atoms with Crippen molar-refractivity contribution in [3.63, 3.8) is 0 Å². The zero-order chi connectivity index (χ0) is 20.9. The number of sulfonamides is 1. The zero-order valence-corrected chi connectivity index (χ0v) is 14.7. The average Bonchev–Trinajstić information content (AvgIpc) is 2.64. The number of nitrogens with one attached hydrogen (secondary N) is 3. The fourth-order valence-electron chi connectivity index (χ4n) is 1.95. The van der Waals surface area contributed by atoms with Crippen molar-refractivity contribution in [2.24, 2.45) is 0 Å². The van der Waals surface area contributed by atoms with E-state index in [2.05, 4.69) is 0 Å². The second-order valence-electron chi connectivity index (χ2n) is 5.36. The largest absolute Gasteiger partial charge is 0.405 e. The summed E-state index contributed by atoms with van der Waals surface area (Å²) in [5.74, 6) is -2.93. The molecule has 0 heterocycles. The maximum atomic E-state index is 13.5. The van der Waals surface area contributed by atoms with Crippen molar-refractivity contribution in [3.8, 4) is 0 Å². The molecule has 2 amide bonds. The molecule has 0 saturated carbocycles. The zero-order valence-electron chi connectivity index (χ0n) is 13.9. The van der Waals surface area contributed by atoms with Crippen LogP contribution in [0.4, 0.5) is 17.6 Å². The van der Waals surface area contributed by atoms with Crippen LogP contribution in [-0.2, 0) is 10.0 Å². The van der Waals surface area contributed by atoms with Crippen LogP contribution in [0.5, 0.6) is 0 Å². The minimum Gasteiger partial charge on any atom is -0.343 e. The highest BCUT2D eigenvalue weighted by Crippen LogP contribution is 2.14. The van der Waals surface area contributed by atoms with Gasteiger partial charge in [-0.25, -0.2) is 12.8 Å². The van der Waals surface area contributed by atoms with Gasteiger partial charge in [0.05, 0.1) is 10.5 Å². The van der Waals surface area contributed by atoms with E-state index < -0.39 is 40.4 Å². The molecule has 0 aliphatic heterocycles. The van der Waals surface area contributed by atoms with Gasteiger partial charge in [0.15, 0.2) is 0 Å². The minimum absolute atomic E-state index is 0.196. The van der Waals surface area contributed by atoms with Crippen LogP contribution in [0.25, 0.3) is 0 Å². The number of carbonyl (C=O) groups excluding carboxylic acids is 2. The fraction of sp³-hybridized carbons (Fsp3) is 0.125. The maximum Gasteiger partial charge on any atom is 0.405 e. The first-order valence-corrected chi connectivity index (χ1v) is 8.99. The van der Waals surface area contributed by atoms with Gasteiger partial charge in [-0.3, -0.25) is 15.0 Å². The number of alkyl halides is 3. The molecule has 0 saturated heterocycles. The van der Waals surface area contributed by atoms with Crippen LogP contribution in [0.15, 0.2) is 53.4 Å². The number of amides is 2. The summed E-state index contributed by atoms with van der Waals surface area (Å²) < 4.78 is 74.0. The van der Waals surface area contributed by atoms with Gasteiger partial charge in [0.1, 0.15) is 12.4 Å². The molecule has 0 aliphatic carbocycles. The summed E-state index contributed by atoms with van der Waals surface area (Å²) in [5.41, 5.74) is 1.25. The van der Waals surface area contributed by atoms with Gasteiger partial charge in [0, 0.05) is 5.56 Å². The van der Waals surface area contributed by atoms with Gasteiger partial charge in [0.2, 0.25) is 0 Å². The molecule has 2 aromatic rings. The van der Waals surface area contributed by atoms with Crippen molar-refractivity contribution < 1.29 is 35.6 Å². The molecule has 3 N–H and O–H groups in total. The van der Waals surface area contributed by atoms with Crippen LogP contribution in [0.2, 0.25) is 0 Å². The van der Waals surface area contributed by atoms with Crippen LogP contribution in [0.1, 0.15) is 20.7 Å². The molecule has 2 aromatic carbocycles. The second-order valence-corrected chi connectivity index (χ2v) is 7.04. The van der Waals surface area contributed by atoms with Crippen molar-refractivity contribution in [1.82, 2.24) is 15.6 Å². The Balaban J connectivity index is 2.03. The van der Waals surface area contributed by atoms with E-state index in [1.165, 1.54) is 12.1 Å². The third-order valence-electron chi connectivity index (χ3n) is 3.29. The molecule has 2 rings (SSSR count). The van der Waals surface area contributed by atoms with Gasteiger partial charge >= 0.3 is 6.18 Å². The molecule has 12 heteroatoms. The van der Waals surface area contributed by atoms with Crippen molar-refractivity contribution in [2.45, 2.75) is 11.1 Å². The Hall–Kier alpha value is -2.99. The number of hydrogen-bond acceptors (Lipinski definition) is 4. The molecule has 28 heavy (non-hydrogen) atoms. The van der Waals surface area contributed by atoms with E-state index in [0.29, 0.717) is 0 Å². The van der Waals surface area contributed by atoms with Crippen LogP contribution < -0.4 is 15.6 Å². The Bertz CT molecular complexity index is 976. The third-order valence-corrected chi connectivity index (χ3v) is 4.56. The second kappa shape index (κ2) is 8.35. The van der Waals surface area contributed by atoms with E-state index >= 15 is 0 Å². The van der Waals surface area contributed by atoms with Crippen molar-refractivity contribution in [2.75, 3.05) is 6.54 Å². The van der Waals surface area contributed by atoms with Gasteiger partial charge in [-0.05, 0) is 36.4 Å². The van der Waals surface area contributed by atoms with Gasteiger partial charge in [0.25, 0.3) is 21.8 Å². The molecular formula is C16H13F4N3O4S. The van der Waals surface area contributed by atoms with E-state index in [4.69, 9.17) is 0 Å². The molecular weight excluding hydrogens is 406 g/mol. The van der Waals surface area contributed by atoms with E-state index in [1.807, 2.05) is 5.43 Å². The Morgan fingerprint density at radius 3 is 2.11 bits per heavy atom. The van der Waals surface area contributed by atoms with Crippen molar-refractivity contribution in [1.29, 1.82) is 0 Å². The standard InChI is InChI=1S/C16H13F4N3O4S/c17-13-4-2-1-3-12(13)15(25)22-23-28(26,27)11-7-5-10(6-8-11)14(24)21-9-16(18,19)20/h1-8,23H,9H2,(H,21,24)(H,22,25). The summed E-state index contributed by atoms with van der Waals surface area (Å²) in [7, 11) is -4.27. The Morgan fingerprint density at radius 2 is 1.54 bits per heavy atom. The number of hydrogen-bond donors (Lipinski definition) is 3. The van der Waals surface area contributed by atoms with E-state index in [-0.39, 0.29) is 16.0 Å². The summed E-state index contributed by atoms with van der Waals surface area (Å²) in [5, 5.41) is 1.64. The SMILES string of the molecule is O=C(NCC(F)(F)F)c1ccc(S(=O)(=O)NNC(=O)c2ccccc2F)cc1. The van der Waals surface area contributed by atoms with Crippen LogP contribution in [0, 0.1) is 5.82 Å². The monoisotopic (exact) mass is 419 g/mol. The Kier molecular flexibility index (Phi) is 6.36. The minimum atomic E-state index is -4.58. The van der Waals surface area contributed by atoms with Crippen LogP contribution in [0.3, 0.4) is 0 Å². The van der Waals surface area contributed by atoms with E-state index in [1.54, 1.807) is 10.1 Å². The van der Waals surface area contributed by atoms with Gasteiger partial charge in [-0.15, -0.1) is 4.83 Å². The lowest BCUT2D eigenvalue weighted by Crippen LogP contribution is -2.41. The summed E-state index contributed by atoms with van der Waals surface area (Å²) in [6, 6.07) is 8.81. The lowest BCUT2D eigenvalue weighted by Gasteiger charge is -2.10. The Morgan fingerprint density at radius 1 is 0.929 bits per heavy atom. The summed E-state index contributed by atoms with van der Waals surface area (Å²) in [6.45, 7) is -1.53. The quantitative estimate of drug-likeness (QED) is 0.490. The fourth-order valence-corrected chi connectivity index (χ4v) is 2.79. The Labute approximate surface area is 156 Å². The molecule has 0 unspecified atom stereocenters. The first-order chi connectivity index (χ1) is 13.0. The highest BCUT2D eigenvalue weighted by Gasteiger charge is 2.28. The average molecular weight is 419 g/mol. The third kappa shape index (κ3) is 5.76. The van der Waals surface area contributed by atoms with Gasteiger partial charge in [-0.2, -0.15) is 13.2 Å². The number of carbonyl (C=O) groups is 2. The number of rotatable bonds is 6. The van der Waals surface area contributed by atoms with Crippen molar-refractivity contribution >= 4 is 21.8 Å². The predicted octanol–water partition coefficient (Wildman–Crippen LogP) is 1.74. The molecule has 0 aromatic heterocycles. The smallest absolute Gasteiger partial charge is 0.343 e. The predicted molar refractivity (Wildman–Crippen MR) is 89.0 cm³/mol.